The average molecular weight is 287 g/mol. The number of halogens is 1. The second-order valence-electron chi connectivity index (χ2n) is 4.64. The molecule has 88 valence electrons. The molecule has 0 aromatic heterocycles. The molecule has 0 aliphatic carbocycles. The maximum Gasteiger partial charge on any atom is 0.231 e. The minimum absolute atomic E-state index is 0.0880. The van der Waals surface area contributed by atoms with Crippen molar-refractivity contribution in [2.75, 3.05) is 13.4 Å². The molecule has 0 atom stereocenters. The van der Waals surface area contributed by atoms with E-state index in [0.717, 1.165) is 27.1 Å². The molecule has 1 aliphatic rings. The Balaban J connectivity index is 2.60. The molecule has 16 heavy (non-hydrogen) atoms. The van der Waals surface area contributed by atoms with E-state index >= 15 is 0 Å². The molecule has 0 saturated carbocycles. The van der Waals surface area contributed by atoms with Crippen LogP contribution in [0.25, 0.3) is 0 Å². The fourth-order valence-corrected chi connectivity index (χ4v) is 2.59. The van der Waals surface area contributed by atoms with Crippen LogP contribution in [0.2, 0.25) is 0 Å². The predicted octanol–water partition coefficient (Wildman–Crippen LogP) is 2.76. The highest BCUT2D eigenvalue weighted by atomic mass is 79.9. The summed E-state index contributed by atoms with van der Waals surface area (Å²) < 4.78 is 11.8. The van der Waals surface area contributed by atoms with Crippen LogP contribution in [-0.4, -0.2) is 18.5 Å². The standard InChI is InChI=1S/C12H15BrO3/c1-7-10(13)8(12(2,3)5-14)4-9-11(7)16-6-15-9/h4,14H,5-6H2,1-3H3. The lowest BCUT2D eigenvalue weighted by atomic mass is 9.84. The highest BCUT2D eigenvalue weighted by molar-refractivity contribution is 9.10. The molecule has 1 aromatic carbocycles. The third kappa shape index (κ3) is 1.70. The van der Waals surface area contributed by atoms with Crippen molar-refractivity contribution < 1.29 is 14.6 Å². The minimum Gasteiger partial charge on any atom is -0.454 e. The van der Waals surface area contributed by atoms with Crippen molar-refractivity contribution in [3.63, 3.8) is 0 Å². The molecular weight excluding hydrogens is 272 g/mol. The molecular formula is C12H15BrO3. The van der Waals surface area contributed by atoms with E-state index in [1.807, 2.05) is 26.8 Å². The molecule has 3 nitrogen and oxygen atoms in total. The topological polar surface area (TPSA) is 38.7 Å². The quantitative estimate of drug-likeness (QED) is 0.909. The van der Waals surface area contributed by atoms with Crippen molar-refractivity contribution in [1.82, 2.24) is 0 Å². The van der Waals surface area contributed by atoms with E-state index in [9.17, 15) is 5.11 Å². The number of hydrogen-bond acceptors (Lipinski definition) is 3. The van der Waals surface area contributed by atoms with Crippen molar-refractivity contribution in [3.8, 4) is 11.5 Å². The molecule has 0 radical (unpaired) electrons. The largest absolute Gasteiger partial charge is 0.454 e. The van der Waals surface area contributed by atoms with Gasteiger partial charge >= 0.3 is 0 Å². The van der Waals surface area contributed by atoms with Gasteiger partial charge < -0.3 is 14.6 Å². The summed E-state index contributed by atoms with van der Waals surface area (Å²) in [6, 6.07) is 1.94. The number of benzene rings is 1. The van der Waals surface area contributed by atoms with E-state index in [2.05, 4.69) is 15.9 Å². The van der Waals surface area contributed by atoms with Gasteiger partial charge in [0.15, 0.2) is 11.5 Å². The lowest BCUT2D eigenvalue weighted by Crippen LogP contribution is -2.22. The zero-order valence-corrected chi connectivity index (χ0v) is 11.2. The van der Waals surface area contributed by atoms with Crippen molar-refractivity contribution in [1.29, 1.82) is 0 Å². The van der Waals surface area contributed by atoms with E-state index in [1.165, 1.54) is 0 Å². The van der Waals surface area contributed by atoms with Gasteiger partial charge in [-0.15, -0.1) is 0 Å². The SMILES string of the molecule is Cc1c(Br)c(C(C)(C)CO)cc2c1OCO2. The van der Waals surface area contributed by atoms with E-state index in [0.29, 0.717) is 0 Å². The summed E-state index contributed by atoms with van der Waals surface area (Å²) in [5, 5.41) is 9.42. The number of rotatable bonds is 2. The van der Waals surface area contributed by atoms with Crippen molar-refractivity contribution in [3.05, 3.63) is 21.7 Å². The fourth-order valence-electron chi connectivity index (χ4n) is 1.76. The highest BCUT2D eigenvalue weighted by Crippen LogP contribution is 2.44. The first-order valence-electron chi connectivity index (χ1n) is 5.17. The van der Waals surface area contributed by atoms with Gasteiger partial charge in [0.1, 0.15) is 0 Å². The number of fused-ring (bicyclic) bond motifs is 1. The van der Waals surface area contributed by atoms with Crippen LogP contribution in [0.1, 0.15) is 25.0 Å². The summed E-state index contributed by atoms with van der Waals surface area (Å²) >= 11 is 3.56. The first-order valence-corrected chi connectivity index (χ1v) is 5.96. The Morgan fingerprint density at radius 1 is 1.44 bits per heavy atom. The van der Waals surface area contributed by atoms with Crippen LogP contribution in [0.5, 0.6) is 11.5 Å². The first kappa shape index (κ1) is 11.7. The molecule has 1 aromatic rings. The summed E-state index contributed by atoms with van der Waals surface area (Å²) in [5.74, 6) is 1.56. The summed E-state index contributed by atoms with van der Waals surface area (Å²) in [6.07, 6.45) is 0. The predicted molar refractivity (Wildman–Crippen MR) is 65.1 cm³/mol. The molecule has 0 unspecified atom stereocenters. The molecule has 0 spiro atoms. The Kier molecular flexibility index (Phi) is 2.88. The van der Waals surface area contributed by atoms with E-state index in [-0.39, 0.29) is 18.8 Å². The van der Waals surface area contributed by atoms with Crippen LogP contribution in [-0.2, 0) is 5.41 Å². The third-order valence-electron chi connectivity index (χ3n) is 2.95. The van der Waals surface area contributed by atoms with Gasteiger partial charge in [0.05, 0.1) is 6.61 Å². The van der Waals surface area contributed by atoms with Crippen LogP contribution in [0, 0.1) is 6.92 Å². The molecule has 4 heteroatoms. The molecule has 1 heterocycles. The van der Waals surface area contributed by atoms with Gasteiger partial charge in [0.2, 0.25) is 6.79 Å². The Bertz CT molecular complexity index is 427. The van der Waals surface area contributed by atoms with Gasteiger partial charge in [0, 0.05) is 15.5 Å². The van der Waals surface area contributed by atoms with Gasteiger partial charge in [-0.25, -0.2) is 0 Å². The number of ether oxygens (including phenoxy) is 2. The lowest BCUT2D eigenvalue weighted by Gasteiger charge is -2.25. The minimum atomic E-state index is -0.301. The molecule has 0 bridgehead atoms. The maximum absolute atomic E-state index is 9.42. The molecule has 0 amide bonds. The Labute approximate surface area is 104 Å². The van der Waals surface area contributed by atoms with Crippen LogP contribution < -0.4 is 9.47 Å². The normalized spacial score (nSPS) is 14.3. The number of aliphatic hydroxyl groups is 1. The smallest absolute Gasteiger partial charge is 0.231 e. The second-order valence-corrected chi connectivity index (χ2v) is 5.43. The average Bonchev–Trinajstić information content (AvgIpc) is 2.71. The number of hydrogen-bond donors (Lipinski definition) is 1. The molecule has 1 N–H and O–H groups in total. The fraction of sp³-hybridized carbons (Fsp3) is 0.500. The molecule has 1 aliphatic heterocycles. The molecule has 2 rings (SSSR count). The van der Waals surface area contributed by atoms with Crippen LogP contribution in [0.4, 0.5) is 0 Å². The van der Waals surface area contributed by atoms with Gasteiger partial charge in [-0.1, -0.05) is 29.8 Å². The Hall–Kier alpha value is -0.740. The maximum atomic E-state index is 9.42. The summed E-state index contributed by atoms with van der Waals surface area (Å²) in [6.45, 7) is 6.33. The Morgan fingerprint density at radius 3 is 2.75 bits per heavy atom. The summed E-state index contributed by atoms with van der Waals surface area (Å²) in [7, 11) is 0. The zero-order chi connectivity index (χ0) is 11.9. The van der Waals surface area contributed by atoms with Gasteiger partial charge in [0.25, 0.3) is 0 Å². The van der Waals surface area contributed by atoms with Crippen LogP contribution >= 0.6 is 15.9 Å². The van der Waals surface area contributed by atoms with Crippen molar-refractivity contribution >= 4 is 15.9 Å². The lowest BCUT2D eigenvalue weighted by molar-refractivity contribution is 0.173. The highest BCUT2D eigenvalue weighted by Gasteiger charge is 2.28. The first-order chi connectivity index (χ1) is 7.47. The summed E-state index contributed by atoms with van der Waals surface area (Å²) in [4.78, 5) is 0. The monoisotopic (exact) mass is 286 g/mol. The van der Waals surface area contributed by atoms with Crippen LogP contribution in [0.15, 0.2) is 10.5 Å². The Morgan fingerprint density at radius 2 is 2.12 bits per heavy atom. The third-order valence-corrected chi connectivity index (χ3v) is 3.97. The second kappa shape index (κ2) is 3.93. The van der Waals surface area contributed by atoms with Gasteiger partial charge in [-0.2, -0.15) is 0 Å². The van der Waals surface area contributed by atoms with E-state index in [1.54, 1.807) is 0 Å². The molecule has 0 saturated heterocycles. The van der Waals surface area contributed by atoms with Gasteiger partial charge in [-0.3, -0.25) is 0 Å². The van der Waals surface area contributed by atoms with Crippen molar-refractivity contribution in [2.45, 2.75) is 26.2 Å². The van der Waals surface area contributed by atoms with E-state index in [4.69, 9.17) is 9.47 Å². The summed E-state index contributed by atoms with van der Waals surface area (Å²) in [5.41, 5.74) is 1.76. The van der Waals surface area contributed by atoms with Crippen molar-refractivity contribution in [2.24, 2.45) is 0 Å². The zero-order valence-electron chi connectivity index (χ0n) is 9.63. The van der Waals surface area contributed by atoms with Crippen LogP contribution in [0.3, 0.4) is 0 Å². The van der Waals surface area contributed by atoms with Gasteiger partial charge in [-0.05, 0) is 18.6 Å². The molecule has 0 fully saturated rings. The number of aliphatic hydroxyl groups excluding tert-OH is 1. The van der Waals surface area contributed by atoms with E-state index < -0.39 is 0 Å².